The van der Waals surface area contributed by atoms with Crippen molar-refractivity contribution in [2.45, 2.75) is 50.9 Å². The van der Waals surface area contributed by atoms with Crippen LogP contribution in [0.2, 0.25) is 25.7 Å². The van der Waals surface area contributed by atoms with Gasteiger partial charge in [0, 0.05) is 17.2 Å². The Balaban J connectivity index is 1.97. The maximum Gasteiger partial charge on any atom is 0.246 e. The smallest absolute Gasteiger partial charge is 0.246 e. The third kappa shape index (κ3) is 6.79. The molecule has 0 aliphatic carbocycles. The molecule has 0 aliphatic heterocycles. The van der Waals surface area contributed by atoms with Gasteiger partial charge in [-0.25, -0.2) is 17.1 Å². The molecule has 0 spiro atoms. The van der Waals surface area contributed by atoms with Gasteiger partial charge in [0.05, 0.1) is 14.2 Å². The number of rotatable bonds is 12. The van der Waals surface area contributed by atoms with Crippen LogP contribution in [0, 0.1) is 12.7 Å². The molecule has 2 atom stereocenters. The number of pyridine rings is 1. The van der Waals surface area contributed by atoms with Gasteiger partial charge in [0.2, 0.25) is 21.8 Å². The van der Waals surface area contributed by atoms with E-state index < -0.39 is 35.3 Å². The molecule has 1 N–H and O–H groups in total. The second-order valence-electron chi connectivity index (χ2n) is 11.2. The van der Waals surface area contributed by atoms with E-state index in [0.29, 0.717) is 39.2 Å². The van der Waals surface area contributed by atoms with Gasteiger partial charge in [-0.05, 0) is 60.1 Å². The van der Waals surface area contributed by atoms with Gasteiger partial charge in [-0.15, -0.1) is 24.3 Å². The predicted molar refractivity (Wildman–Crippen MR) is 168 cm³/mol. The van der Waals surface area contributed by atoms with Gasteiger partial charge in [-0.1, -0.05) is 6.07 Å². The molecule has 3 heterocycles. The average molecular weight is 697 g/mol. The summed E-state index contributed by atoms with van der Waals surface area (Å²) >= 11 is 3.14. The molecular weight excluding hydrogens is 661 g/mol. The number of anilines is 1. The molecular formula is C28H35BrFN5O6SSi-. The van der Waals surface area contributed by atoms with Gasteiger partial charge in [-0.2, -0.15) is 19.6 Å². The Morgan fingerprint density at radius 2 is 1.79 bits per heavy atom. The highest BCUT2D eigenvalue weighted by Crippen LogP contribution is 2.40. The summed E-state index contributed by atoms with van der Waals surface area (Å²) in [7, 11) is -3.30. The van der Waals surface area contributed by atoms with Crippen molar-refractivity contribution in [3.63, 3.8) is 0 Å². The molecule has 3 aromatic heterocycles. The van der Waals surface area contributed by atoms with Crippen molar-refractivity contribution < 1.29 is 31.8 Å². The Morgan fingerprint density at radius 1 is 1.14 bits per heavy atom. The first kappa shape index (κ1) is 32.6. The molecule has 233 valence electrons. The Kier molecular flexibility index (Phi) is 9.68. The van der Waals surface area contributed by atoms with Crippen molar-refractivity contribution in [2.75, 3.05) is 25.1 Å². The highest BCUT2D eigenvalue weighted by molar-refractivity contribution is 9.10. The Labute approximate surface area is 259 Å². The Bertz CT molecular complexity index is 1690. The van der Waals surface area contributed by atoms with E-state index in [2.05, 4.69) is 50.8 Å². The number of methoxy groups -OCH3 is 2. The fraction of sp³-hybridized carbons (Fsp3) is 0.393. The first-order chi connectivity index (χ1) is 20.2. The second kappa shape index (κ2) is 12.8. The number of ether oxygens (including phenoxy) is 2. The van der Waals surface area contributed by atoms with Crippen LogP contribution in [-0.4, -0.2) is 67.4 Å². The molecule has 1 aromatic carbocycles. The fourth-order valence-corrected chi connectivity index (χ4v) is 7.32. The SMILES string of the molecule is COc1cccc(OC)c1-n1c(-c2ccc(C)o2)nnc1N(CC[Si-](C)(C)C)S(=O)(=O)[C@H](C)[C@H](O)c1ncc(Br)cc1F. The quantitative estimate of drug-likeness (QED) is 0.184. The maximum absolute atomic E-state index is 14.8. The first-order valence-electron chi connectivity index (χ1n) is 13.4. The van der Waals surface area contributed by atoms with Gasteiger partial charge in [0.1, 0.15) is 45.8 Å². The van der Waals surface area contributed by atoms with Crippen LogP contribution in [0.3, 0.4) is 0 Å². The standard InChI is InChI=1S/C28H35BrFN5O6SSi/c1-17-11-12-23(41-17)27-32-33-28(35(27)25-21(39-3)9-8-10-22(25)40-4)34(13-14-43(5,6)7)42(37,38)18(2)26(36)24-20(30)15-19(29)16-31-24/h8-12,15-16,18,26,36H,13-14H2,1-7H3/q-1/t18-,26+/m1/s1. The van der Waals surface area contributed by atoms with Crippen LogP contribution in [0.5, 0.6) is 11.5 Å². The van der Waals surface area contributed by atoms with E-state index in [1.54, 1.807) is 37.3 Å². The highest BCUT2D eigenvalue weighted by atomic mass is 79.9. The molecule has 0 fully saturated rings. The van der Waals surface area contributed by atoms with Crippen LogP contribution >= 0.6 is 15.9 Å². The molecule has 0 radical (unpaired) electrons. The van der Waals surface area contributed by atoms with Crippen LogP contribution in [0.25, 0.3) is 17.3 Å². The minimum Gasteiger partial charge on any atom is -0.494 e. The number of sulfonamides is 1. The summed E-state index contributed by atoms with van der Waals surface area (Å²) in [5.74, 6) is 0.961. The van der Waals surface area contributed by atoms with Crippen molar-refractivity contribution in [3.05, 3.63) is 64.3 Å². The molecule has 4 rings (SSSR count). The molecule has 0 saturated carbocycles. The summed E-state index contributed by atoms with van der Waals surface area (Å²) in [6, 6.07) is 10.3. The minimum absolute atomic E-state index is 0.0259. The number of hydrogen-bond acceptors (Lipinski definition) is 9. The lowest BCUT2D eigenvalue weighted by atomic mass is 10.2. The fourth-order valence-electron chi connectivity index (χ4n) is 4.42. The molecule has 11 nitrogen and oxygen atoms in total. The number of aryl methyl sites for hydroxylation is 1. The summed E-state index contributed by atoms with van der Waals surface area (Å²) in [6.45, 7) is 9.45. The third-order valence-corrected chi connectivity index (χ3v) is 11.2. The summed E-state index contributed by atoms with van der Waals surface area (Å²) in [5.41, 5.74) is -0.0392. The molecule has 0 saturated heterocycles. The maximum atomic E-state index is 14.8. The molecule has 0 unspecified atom stereocenters. The van der Waals surface area contributed by atoms with Gasteiger partial charge in [0.25, 0.3) is 0 Å². The van der Waals surface area contributed by atoms with Crippen molar-refractivity contribution in [2.24, 2.45) is 0 Å². The zero-order valence-corrected chi connectivity index (χ0v) is 28.4. The van der Waals surface area contributed by atoms with E-state index in [-0.39, 0.29) is 24.0 Å². The monoisotopic (exact) mass is 695 g/mol. The number of aliphatic hydroxyl groups excluding tert-OH is 1. The lowest BCUT2D eigenvalue weighted by molar-refractivity contribution is 0.166. The van der Waals surface area contributed by atoms with Crippen molar-refractivity contribution in [1.82, 2.24) is 19.7 Å². The van der Waals surface area contributed by atoms with E-state index in [1.807, 2.05) is 0 Å². The highest BCUT2D eigenvalue weighted by Gasteiger charge is 2.40. The first-order valence-corrected chi connectivity index (χ1v) is 19.4. The second-order valence-corrected chi connectivity index (χ2v) is 19.9. The van der Waals surface area contributed by atoms with Gasteiger partial charge < -0.3 is 19.0 Å². The number of hydrogen-bond donors (Lipinski definition) is 1. The van der Waals surface area contributed by atoms with E-state index >= 15 is 0 Å². The average Bonchev–Trinajstić information content (AvgIpc) is 3.57. The molecule has 4 aromatic rings. The topological polar surface area (TPSA) is 133 Å². The molecule has 0 bridgehead atoms. The number of aliphatic hydroxyl groups is 1. The number of nitrogens with zero attached hydrogens (tertiary/aromatic N) is 5. The van der Waals surface area contributed by atoms with Crippen molar-refractivity contribution >= 4 is 40.0 Å². The van der Waals surface area contributed by atoms with Gasteiger partial charge >= 0.3 is 0 Å². The van der Waals surface area contributed by atoms with Gasteiger partial charge in [-0.3, -0.25) is 9.55 Å². The van der Waals surface area contributed by atoms with Crippen LogP contribution < -0.4 is 13.8 Å². The van der Waals surface area contributed by atoms with Crippen LogP contribution in [0.15, 0.2) is 51.5 Å². The normalized spacial score (nSPS) is 13.5. The van der Waals surface area contributed by atoms with Crippen molar-refractivity contribution in [3.8, 4) is 28.8 Å². The number of para-hydroxylation sites is 1. The van der Waals surface area contributed by atoms with E-state index in [9.17, 15) is 17.9 Å². The lowest BCUT2D eigenvalue weighted by Gasteiger charge is -2.34. The lowest BCUT2D eigenvalue weighted by Crippen LogP contribution is -2.44. The van der Waals surface area contributed by atoms with Crippen molar-refractivity contribution in [1.29, 1.82) is 0 Å². The molecule has 15 heteroatoms. The number of halogens is 2. The summed E-state index contributed by atoms with van der Waals surface area (Å²) in [5, 5.41) is 18.4. The summed E-state index contributed by atoms with van der Waals surface area (Å²) in [4.78, 5) is 3.96. The molecule has 0 aliphatic rings. The van der Waals surface area contributed by atoms with E-state index in [0.717, 1.165) is 10.4 Å². The predicted octanol–water partition coefficient (Wildman–Crippen LogP) is 5.75. The van der Waals surface area contributed by atoms with Crippen LogP contribution in [0.4, 0.5) is 10.3 Å². The zero-order chi connectivity index (χ0) is 31.7. The largest absolute Gasteiger partial charge is 0.494 e. The Hall–Kier alpha value is -3.27. The zero-order valence-electron chi connectivity index (χ0n) is 25.0. The third-order valence-electron chi connectivity index (χ3n) is 6.86. The Morgan fingerprint density at radius 3 is 2.33 bits per heavy atom. The van der Waals surface area contributed by atoms with Gasteiger partial charge in [0.15, 0.2) is 5.76 Å². The van der Waals surface area contributed by atoms with Crippen LogP contribution in [-0.2, 0) is 10.0 Å². The number of benzene rings is 1. The van der Waals surface area contributed by atoms with Crippen LogP contribution in [0.1, 0.15) is 24.5 Å². The minimum atomic E-state index is -4.43. The van der Waals surface area contributed by atoms with E-state index in [1.165, 1.54) is 31.9 Å². The molecule has 0 amide bonds. The summed E-state index contributed by atoms with van der Waals surface area (Å²) in [6.07, 6.45) is -0.483. The number of aromatic nitrogens is 4. The summed E-state index contributed by atoms with van der Waals surface area (Å²) < 4.78 is 63.9. The number of furan rings is 1. The molecule has 43 heavy (non-hydrogen) atoms. The van der Waals surface area contributed by atoms with E-state index in [4.69, 9.17) is 13.9 Å².